The number of aryl methyl sites for hydroxylation is 1. The minimum atomic E-state index is -0.459. The number of hydrogen-bond acceptors (Lipinski definition) is 5. The molecule has 4 N–H and O–H groups in total. The van der Waals surface area contributed by atoms with Crippen LogP contribution < -0.4 is 11.1 Å². The number of oxime groups is 1. The molecule has 16 heavy (non-hydrogen) atoms. The van der Waals surface area contributed by atoms with Crippen LogP contribution in [0.15, 0.2) is 10.7 Å². The van der Waals surface area contributed by atoms with Crippen LogP contribution in [0.1, 0.15) is 28.7 Å². The molecule has 1 aromatic rings. The van der Waals surface area contributed by atoms with Crippen molar-refractivity contribution in [2.45, 2.75) is 26.3 Å². The van der Waals surface area contributed by atoms with Gasteiger partial charge < -0.3 is 16.3 Å². The number of rotatable bonds is 4. The summed E-state index contributed by atoms with van der Waals surface area (Å²) in [4.78, 5) is 16.3. The van der Waals surface area contributed by atoms with E-state index >= 15 is 0 Å². The third kappa shape index (κ3) is 2.69. The summed E-state index contributed by atoms with van der Waals surface area (Å²) in [6.45, 7) is 3.60. The molecule has 0 aliphatic carbocycles. The maximum absolute atomic E-state index is 11.8. The second-order valence-corrected chi connectivity index (χ2v) is 4.08. The molecule has 1 rings (SSSR count). The minimum absolute atomic E-state index is 0.00183. The first kappa shape index (κ1) is 12.4. The van der Waals surface area contributed by atoms with Crippen LogP contribution in [0.4, 0.5) is 0 Å². The highest BCUT2D eigenvalue weighted by Gasteiger charge is 2.18. The fourth-order valence-corrected chi connectivity index (χ4v) is 1.90. The molecule has 0 aliphatic heterocycles. The molecule has 7 heteroatoms. The number of amides is 1. The van der Waals surface area contributed by atoms with Crippen LogP contribution in [0, 0.1) is 6.92 Å². The van der Waals surface area contributed by atoms with Crippen molar-refractivity contribution in [3.8, 4) is 0 Å². The molecule has 0 spiro atoms. The van der Waals surface area contributed by atoms with Gasteiger partial charge in [-0.05, 0) is 13.3 Å². The average molecular weight is 242 g/mol. The van der Waals surface area contributed by atoms with E-state index in [2.05, 4.69) is 15.5 Å². The summed E-state index contributed by atoms with van der Waals surface area (Å²) < 4.78 is 0. The van der Waals surface area contributed by atoms with E-state index in [9.17, 15) is 4.79 Å². The number of carbonyl (C=O) groups is 1. The first-order valence-electron chi connectivity index (χ1n) is 4.78. The Hall–Kier alpha value is -1.63. The molecule has 6 nitrogen and oxygen atoms in total. The number of aromatic nitrogens is 1. The predicted octanol–water partition coefficient (Wildman–Crippen LogP) is 0.706. The van der Waals surface area contributed by atoms with Crippen LogP contribution in [0.2, 0.25) is 0 Å². The number of nitrogens with two attached hydrogens (primary N) is 1. The van der Waals surface area contributed by atoms with Gasteiger partial charge in [0.2, 0.25) is 0 Å². The SMILES string of the molecule is CCC(NC(=O)c1scnc1C)/C(N)=N/O. The number of carbonyl (C=O) groups excluding carboxylic acids is 1. The largest absolute Gasteiger partial charge is 0.409 e. The predicted molar refractivity (Wildman–Crippen MR) is 61.8 cm³/mol. The van der Waals surface area contributed by atoms with E-state index in [0.29, 0.717) is 17.0 Å². The molecule has 1 amide bonds. The Morgan fingerprint density at radius 2 is 2.50 bits per heavy atom. The fraction of sp³-hybridized carbons (Fsp3) is 0.444. The number of thiazole rings is 1. The Morgan fingerprint density at radius 1 is 1.81 bits per heavy atom. The quantitative estimate of drug-likeness (QED) is 0.313. The third-order valence-electron chi connectivity index (χ3n) is 2.14. The molecule has 88 valence electrons. The molecule has 0 saturated heterocycles. The zero-order valence-electron chi connectivity index (χ0n) is 9.10. The standard InChI is InChI=1S/C9H14N4O2S/c1-3-6(8(10)13-15)12-9(14)7-5(2)11-4-16-7/h4,6,15H,3H2,1-2H3,(H2,10,13)(H,12,14). The molecule has 0 bridgehead atoms. The van der Waals surface area contributed by atoms with E-state index in [4.69, 9.17) is 10.9 Å². The highest BCUT2D eigenvalue weighted by Crippen LogP contribution is 2.12. The Bertz CT molecular complexity index is 402. The van der Waals surface area contributed by atoms with E-state index in [1.54, 1.807) is 12.4 Å². The Labute approximate surface area is 97.2 Å². The van der Waals surface area contributed by atoms with E-state index < -0.39 is 6.04 Å². The van der Waals surface area contributed by atoms with Gasteiger partial charge >= 0.3 is 0 Å². The summed E-state index contributed by atoms with van der Waals surface area (Å²) in [5.74, 6) is -0.253. The smallest absolute Gasteiger partial charge is 0.263 e. The third-order valence-corrected chi connectivity index (χ3v) is 3.07. The monoisotopic (exact) mass is 242 g/mol. The summed E-state index contributed by atoms with van der Waals surface area (Å²) in [5.41, 5.74) is 7.72. The lowest BCUT2D eigenvalue weighted by Crippen LogP contribution is -2.44. The molecular weight excluding hydrogens is 228 g/mol. The Kier molecular flexibility index (Phi) is 4.24. The zero-order valence-corrected chi connectivity index (χ0v) is 9.91. The maximum Gasteiger partial charge on any atom is 0.263 e. The zero-order chi connectivity index (χ0) is 12.1. The molecular formula is C9H14N4O2S. The summed E-state index contributed by atoms with van der Waals surface area (Å²) in [5, 5.41) is 14.1. The van der Waals surface area contributed by atoms with E-state index in [-0.39, 0.29) is 11.7 Å². The van der Waals surface area contributed by atoms with Gasteiger partial charge in [-0.3, -0.25) is 4.79 Å². The van der Waals surface area contributed by atoms with Gasteiger partial charge in [-0.25, -0.2) is 4.98 Å². The first-order valence-corrected chi connectivity index (χ1v) is 5.66. The summed E-state index contributed by atoms with van der Waals surface area (Å²) in [7, 11) is 0. The summed E-state index contributed by atoms with van der Waals surface area (Å²) in [6.07, 6.45) is 0.555. The average Bonchev–Trinajstić information content (AvgIpc) is 2.71. The van der Waals surface area contributed by atoms with Crippen LogP contribution in [-0.4, -0.2) is 28.0 Å². The lowest BCUT2D eigenvalue weighted by molar-refractivity contribution is 0.0949. The lowest BCUT2D eigenvalue weighted by Gasteiger charge is -2.14. The van der Waals surface area contributed by atoms with Gasteiger partial charge in [0.1, 0.15) is 4.88 Å². The van der Waals surface area contributed by atoms with Crippen LogP contribution in [0.3, 0.4) is 0 Å². The molecule has 1 unspecified atom stereocenters. The van der Waals surface area contributed by atoms with Crippen molar-refractivity contribution < 1.29 is 10.0 Å². The van der Waals surface area contributed by atoms with Crippen molar-refractivity contribution in [3.63, 3.8) is 0 Å². The minimum Gasteiger partial charge on any atom is -0.409 e. The normalized spacial score (nSPS) is 13.5. The number of nitrogens with zero attached hydrogens (tertiary/aromatic N) is 2. The molecule has 1 atom stereocenters. The van der Waals surface area contributed by atoms with Crippen LogP contribution in [0.25, 0.3) is 0 Å². The van der Waals surface area contributed by atoms with E-state index in [0.717, 1.165) is 0 Å². The number of hydrogen-bond donors (Lipinski definition) is 3. The topological polar surface area (TPSA) is 101 Å². The van der Waals surface area contributed by atoms with Crippen molar-refractivity contribution in [3.05, 3.63) is 16.1 Å². The van der Waals surface area contributed by atoms with Crippen molar-refractivity contribution >= 4 is 23.1 Å². The van der Waals surface area contributed by atoms with Gasteiger partial charge in [0, 0.05) is 0 Å². The van der Waals surface area contributed by atoms with Gasteiger partial charge in [-0.2, -0.15) is 0 Å². The van der Waals surface area contributed by atoms with Crippen molar-refractivity contribution in [2.75, 3.05) is 0 Å². The summed E-state index contributed by atoms with van der Waals surface area (Å²) in [6, 6.07) is -0.459. The van der Waals surface area contributed by atoms with Crippen molar-refractivity contribution in [1.29, 1.82) is 0 Å². The van der Waals surface area contributed by atoms with Gasteiger partial charge in [0.15, 0.2) is 5.84 Å². The highest BCUT2D eigenvalue weighted by molar-refractivity contribution is 7.11. The molecule has 0 saturated carbocycles. The fourth-order valence-electron chi connectivity index (χ4n) is 1.20. The second-order valence-electron chi connectivity index (χ2n) is 3.23. The van der Waals surface area contributed by atoms with E-state index in [1.807, 2.05) is 6.92 Å². The first-order chi connectivity index (χ1) is 7.60. The molecule has 0 radical (unpaired) electrons. The second kappa shape index (κ2) is 5.45. The Morgan fingerprint density at radius 3 is 2.94 bits per heavy atom. The van der Waals surface area contributed by atoms with Crippen LogP contribution in [0.5, 0.6) is 0 Å². The van der Waals surface area contributed by atoms with Crippen LogP contribution in [-0.2, 0) is 0 Å². The molecule has 1 aromatic heterocycles. The number of amidine groups is 1. The van der Waals surface area contributed by atoms with Crippen molar-refractivity contribution in [2.24, 2.45) is 10.9 Å². The number of nitrogens with one attached hydrogen (secondary N) is 1. The molecule has 1 heterocycles. The van der Waals surface area contributed by atoms with Crippen LogP contribution >= 0.6 is 11.3 Å². The highest BCUT2D eigenvalue weighted by atomic mass is 32.1. The van der Waals surface area contributed by atoms with Gasteiger partial charge in [0.25, 0.3) is 5.91 Å². The maximum atomic E-state index is 11.8. The summed E-state index contributed by atoms with van der Waals surface area (Å²) >= 11 is 1.26. The van der Waals surface area contributed by atoms with Gasteiger partial charge in [-0.1, -0.05) is 12.1 Å². The molecule has 0 aliphatic rings. The lowest BCUT2D eigenvalue weighted by atomic mass is 10.2. The van der Waals surface area contributed by atoms with Crippen molar-refractivity contribution in [1.82, 2.24) is 10.3 Å². The van der Waals surface area contributed by atoms with E-state index in [1.165, 1.54) is 11.3 Å². The molecule has 0 fully saturated rings. The van der Waals surface area contributed by atoms with Gasteiger partial charge in [-0.15, -0.1) is 11.3 Å². The van der Waals surface area contributed by atoms with Gasteiger partial charge in [0.05, 0.1) is 17.2 Å². The molecule has 0 aromatic carbocycles. The Balaban J connectivity index is 2.74.